The second-order valence-corrected chi connectivity index (χ2v) is 7.90. The molecule has 1 aliphatic rings. The molecule has 0 radical (unpaired) electrons. The van der Waals surface area contributed by atoms with Crippen molar-refractivity contribution in [3.8, 4) is 6.07 Å². The van der Waals surface area contributed by atoms with Crippen LogP contribution in [0.2, 0.25) is 0 Å². The predicted molar refractivity (Wildman–Crippen MR) is 77.7 cm³/mol. The maximum absolute atomic E-state index is 12.7. The number of carbonyl (C=O) groups excluding carboxylic acids is 1. The molecule has 0 aliphatic carbocycles. The maximum Gasteiger partial charge on any atom is 0.243 e. The van der Waals surface area contributed by atoms with E-state index in [4.69, 9.17) is 0 Å². The van der Waals surface area contributed by atoms with Crippen molar-refractivity contribution in [1.29, 1.82) is 5.26 Å². The third-order valence-corrected chi connectivity index (χ3v) is 5.80. The number of amides is 1. The molecule has 1 aliphatic heterocycles. The molecule has 6 heteroatoms. The summed E-state index contributed by atoms with van der Waals surface area (Å²) in [5.41, 5.74) is -0.995. The molecule has 114 valence electrons. The van der Waals surface area contributed by atoms with Gasteiger partial charge in [-0.1, -0.05) is 26.7 Å². The van der Waals surface area contributed by atoms with Gasteiger partial charge in [0.25, 0.3) is 0 Å². The first-order valence-corrected chi connectivity index (χ1v) is 9.03. The third-order valence-electron chi connectivity index (χ3n) is 4.05. The van der Waals surface area contributed by atoms with Gasteiger partial charge in [-0.2, -0.15) is 5.26 Å². The van der Waals surface area contributed by atoms with Crippen molar-refractivity contribution in [2.45, 2.75) is 52.0 Å². The molecule has 0 bridgehead atoms. The fourth-order valence-corrected chi connectivity index (χ4v) is 4.71. The van der Waals surface area contributed by atoms with E-state index in [1.165, 1.54) is 4.90 Å². The van der Waals surface area contributed by atoms with Gasteiger partial charge in [0.15, 0.2) is 9.84 Å². The van der Waals surface area contributed by atoms with Gasteiger partial charge in [0.2, 0.25) is 5.91 Å². The molecule has 1 atom stereocenters. The van der Waals surface area contributed by atoms with E-state index in [0.717, 1.165) is 12.8 Å². The fourth-order valence-electron chi connectivity index (χ4n) is 2.94. The number of hydrogen-bond donors (Lipinski definition) is 0. The quantitative estimate of drug-likeness (QED) is 0.748. The number of hydrogen-bond acceptors (Lipinski definition) is 4. The van der Waals surface area contributed by atoms with Crippen molar-refractivity contribution >= 4 is 15.7 Å². The average Bonchev–Trinajstić information content (AvgIpc) is 2.77. The standard InChI is InChI=1S/C14H24N2O3S/c1-4-7-14(11-15,8-5-2)13(17)16(3)12-6-9-20(18,19)10-12/h12H,4-10H2,1-3H3. The smallest absolute Gasteiger partial charge is 0.243 e. The van der Waals surface area contributed by atoms with Crippen LogP contribution < -0.4 is 0 Å². The number of rotatable bonds is 6. The number of sulfone groups is 1. The van der Waals surface area contributed by atoms with Crippen LogP contribution in [0.15, 0.2) is 0 Å². The zero-order valence-corrected chi connectivity index (χ0v) is 13.4. The van der Waals surface area contributed by atoms with Crippen LogP contribution in [0.25, 0.3) is 0 Å². The first-order chi connectivity index (χ1) is 9.32. The minimum atomic E-state index is -3.03. The van der Waals surface area contributed by atoms with E-state index in [-0.39, 0.29) is 23.5 Å². The Morgan fingerprint density at radius 3 is 2.25 bits per heavy atom. The summed E-state index contributed by atoms with van der Waals surface area (Å²) in [5.74, 6) is -0.0587. The topological polar surface area (TPSA) is 78.2 Å². The zero-order chi connectivity index (χ0) is 15.4. The van der Waals surface area contributed by atoms with Crippen LogP contribution in [0.4, 0.5) is 0 Å². The van der Waals surface area contributed by atoms with E-state index in [0.29, 0.717) is 19.3 Å². The Bertz CT molecular complexity index is 487. The van der Waals surface area contributed by atoms with Crippen LogP contribution in [0, 0.1) is 16.7 Å². The van der Waals surface area contributed by atoms with E-state index in [1.54, 1.807) is 7.05 Å². The molecule has 1 saturated heterocycles. The SMILES string of the molecule is CCCC(C#N)(CCC)C(=O)N(C)C1CCS(=O)(=O)C1. The zero-order valence-electron chi connectivity index (χ0n) is 12.6. The molecular formula is C14H24N2O3S. The molecule has 0 aromatic heterocycles. The van der Waals surface area contributed by atoms with Gasteiger partial charge in [0, 0.05) is 13.1 Å². The van der Waals surface area contributed by atoms with Gasteiger partial charge < -0.3 is 4.90 Å². The molecule has 0 aromatic rings. The lowest BCUT2D eigenvalue weighted by Crippen LogP contribution is -2.46. The van der Waals surface area contributed by atoms with Gasteiger partial charge in [-0.05, 0) is 19.3 Å². The monoisotopic (exact) mass is 300 g/mol. The highest BCUT2D eigenvalue weighted by Gasteiger charge is 2.42. The molecule has 20 heavy (non-hydrogen) atoms. The molecule has 0 aromatic carbocycles. The molecule has 1 fully saturated rings. The van der Waals surface area contributed by atoms with Gasteiger partial charge in [-0.3, -0.25) is 4.79 Å². The lowest BCUT2D eigenvalue weighted by atomic mass is 9.79. The van der Waals surface area contributed by atoms with Crippen LogP contribution in [0.1, 0.15) is 46.0 Å². The van der Waals surface area contributed by atoms with Crippen molar-refractivity contribution in [3.63, 3.8) is 0 Å². The first kappa shape index (κ1) is 17.0. The van der Waals surface area contributed by atoms with Crippen molar-refractivity contribution in [2.75, 3.05) is 18.6 Å². The Morgan fingerprint density at radius 1 is 1.35 bits per heavy atom. The van der Waals surface area contributed by atoms with Crippen LogP contribution >= 0.6 is 0 Å². The summed E-state index contributed by atoms with van der Waals surface area (Å²) in [6.45, 7) is 3.91. The Labute approximate surface area is 121 Å². The molecule has 0 saturated carbocycles. The summed E-state index contributed by atoms with van der Waals surface area (Å²) in [4.78, 5) is 14.2. The van der Waals surface area contributed by atoms with Crippen molar-refractivity contribution in [1.82, 2.24) is 4.90 Å². The normalized spacial score (nSPS) is 21.4. The lowest BCUT2D eigenvalue weighted by Gasteiger charge is -2.33. The van der Waals surface area contributed by atoms with Crippen LogP contribution in [0.3, 0.4) is 0 Å². The van der Waals surface area contributed by atoms with Crippen molar-refractivity contribution < 1.29 is 13.2 Å². The molecule has 1 amide bonds. The number of nitrogens with zero attached hydrogens (tertiary/aromatic N) is 2. The molecular weight excluding hydrogens is 276 g/mol. The fraction of sp³-hybridized carbons (Fsp3) is 0.857. The largest absolute Gasteiger partial charge is 0.340 e. The summed E-state index contributed by atoms with van der Waals surface area (Å²) in [7, 11) is -1.40. The Kier molecular flexibility index (Phi) is 5.58. The van der Waals surface area contributed by atoms with E-state index in [1.807, 2.05) is 13.8 Å². The van der Waals surface area contributed by atoms with Gasteiger partial charge in [0.1, 0.15) is 5.41 Å². The van der Waals surface area contributed by atoms with E-state index < -0.39 is 15.3 Å². The van der Waals surface area contributed by atoms with Gasteiger partial charge >= 0.3 is 0 Å². The first-order valence-electron chi connectivity index (χ1n) is 7.21. The lowest BCUT2D eigenvalue weighted by molar-refractivity contribution is -0.140. The van der Waals surface area contributed by atoms with Gasteiger partial charge in [-0.15, -0.1) is 0 Å². The van der Waals surface area contributed by atoms with Crippen LogP contribution in [-0.4, -0.2) is 43.8 Å². The molecule has 1 heterocycles. The number of nitriles is 1. The van der Waals surface area contributed by atoms with Crippen LogP contribution in [-0.2, 0) is 14.6 Å². The summed E-state index contributed by atoms with van der Waals surface area (Å²) in [5, 5.41) is 9.49. The van der Waals surface area contributed by atoms with Crippen molar-refractivity contribution in [3.05, 3.63) is 0 Å². The predicted octanol–water partition coefficient (Wildman–Crippen LogP) is 1.74. The number of carbonyl (C=O) groups is 1. The molecule has 1 rings (SSSR count). The summed E-state index contributed by atoms with van der Waals surface area (Å²) >= 11 is 0. The highest BCUT2D eigenvalue weighted by atomic mass is 32.2. The minimum Gasteiger partial charge on any atom is -0.340 e. The van der Waals surface area contributed by atoms with E-state index in [9.17, 15) is 18.5 Å². The molecule has 0 N–H and O–H groups in total. The second kappa shape index (κ2) is 6.57. The summed E-state index contributed by atoms with van der Waals surface area (Å²) in [6, 6.07) is 1.92. The molecule has 1 unspecified atom stereocenters. The van der Waals surface area contributed by atoms with Gasteiger partial charge in [0.05, 0.1) is 17.6 Å². The highest BCUT2D eigenvalue weighted by Crippen LogP contribution is 2.33. The Balaban J connectivity index is 2.92. The second-order valence-electron chi connectivity index (χ2n) is 5.67. The minimum absolute atomic E-state index is 0.0228. The third kappa shape index (κ3) is 3.51. The molecule has 5 nitrogen and oxygen atoms in total. The maximum atomic E-state index is 12.7. The highest BCUT2D eigenvalue weighted by molar-refractivity contribution is 7.91. The average molecular weight is 300 g/mol. The Hall–Kier alpha value is -1.09. The van der Waals surface area contributed by atoms with Gasteiger partial charge in [-0.25, -0.2) is 8.42 Å². The molecule has 0 spiro atoms. The van der Waals surface area contributed by atoms with E-state index >= 15 is 0 Å². The van der Waals surface area contributed by atoms with E-state index in [2.05, 4.69) is 6.07 Å². The van der Waals surface area contributed by atoms with Crippen molar-refractivity contribution in [2.24, 2.45) is 5.41 Å². The van der Waals surface area contributed by atoms with Crippen LogP contribution in [0.5, 0.6) is 0 Å². The summed E-state index contributed by atoms with van der Waals surface area (Å²) < 4.78 is 23.1. The Morgan fingerprint density at radius 2 is 1.90 bits per heavy atom. The summed E-state index contributed by atoms with van der Waals surface area (Å²) in [6.07, 6.45) is 3.05.